The van der Waals surface area contributed by atoms with Crippen molar-refractivity contribution in [1.29, 1.82) is 0 Å². The Labute approximate surface area is 120 Å². The number of nitrogens with one attached hydrogen (secondary N) is 1. The van der Waals surface area contributed by atoms with Crippen molar-refractivity contribution in [3.05, 3.63) is 71.2 Å². The minimum Gasteiger partial charge on any atom is -0.387 e. The third-order valence-corrected chi connectivity index (χ3v) is 3.88. The van der Waals surface area contributed by atoms with Crippen molar-refractivity contribution >= 4 is 6.08 Å². The smallest absolute Gasteiger partial charge is 0.0401 e. The Morgan fingerprint density at radius 1 is 0.900 bits per heavy atom. The SMILES string of the molecule is C1=Cc2ccccc2CN1.c1cc2c(cn1)CCCC2. The number of rotatable bonds is 0. The molecule has 0 saturated heterocycles. The first-order valence-corrected chi connectivity index (χ1v) is 7.33. The molecule has 2 aliphatic rings. The summed E-state index contributed by atoms with van der Waals surface area (Å²) in [5.74, 6) is 0. The van der Waals surface area contributed by atoms with Gasteiger partial charge in [-0.1, -0.05) is 24.3 Å². The lowest BCUT2D eigenvalue weighted by atomic mass is 9.94. The summed E-state index contributed by atoms with van der Waals surface area (Å²) in [6, 6.07) is 10.6. The molecule has 102 valence electrons. The van der Waals surface area contributed by atoms with E-state index in [0.29, 0.717) is 0 Å². The lowest BCUT2D eigenvalue weighted by Crippen LogP contribution is -2.09. The van der Waals surface area contributed by atoms with Gasteiger partial charge in [0.15, 0.2) is 0 Å². The standard InChI is InChI=1S/C9H11N.C9H9N/c2*1-2-4-9-7-10-6-5-8(9)3-1/h5-7H,1-4H2;1-6,10H,7H2. The number of fused-ring (bicyclic) bond motifs is 2. The summed E-state index contributed by atoms with van der Waals surface area (Å²) in [6.45, 7) is 0.965. The maximum atomic E-state index is 4.10. The van der Waals surface area contributed by atoms with Gasteiger partial charge in [-0.2, -0.15) is 0 Å². The van der Waals surface area contributed by atoms with E-state index in [1.807, 2.05) is 18.6 Å². The summed E-state index contributed by atoms with van der Waals surface area (Å²) in [4.78, 5) is 4.10. The third-order valence-electron chi connectivity index (χ3n) is 3.88. The molecular weight excluding hydrogens is 244 g/mol. The van der Waals surface area contributed by atoms with E-state index in [1.165, 1.54) is 47.9 Å². The molecule has 2 nitrogen and oxygen atoms in total. The first-order chi connectivity index (χ1) is 9.93. The van der Waals surface area contributed by atoms with Crippen molar-refractivity contribution in [3.63, 3.8) is 0 Å². The molecule has 0 amide bonds. The van der Waals surface area contributed by atoms with Crippen molar-refractivity contribution in [1.82, 2.24) is 10.3 Å². The number of aromatic nitrogens is 1. The fourth-order valence-corrected chi connectivity index (χ4v) is 2.73. The summed E-state index contributed by atoms with van der Waals surface area (Å²) in [5.41, 5.74) is 5.70. The van der Waals surface area contributed by atoms with Crippen LogP contribution in [0.15, 0.2) is 48.9 Å². The van der Waals surface area contributed by atoms with E-state index < -0.39 is 0 Å². The van der Waals surface area contributed by atoms with Crippen LogP contribution in [0.25, 0.3) is 6.08 Å². The van der Waals surface area contributed by atoms with Crippen LogP contribution in [0.5, 0.6) is 0 Å². The molecule has 4 rings (SSSR count). The van der Waals surface area contributed by atoms with Gasteiger partial charge in [0.1, 0.15) is 0 Å². The van der Waals surface area contributed by atoms with Crippen molar-refractivity contribution in [2.75, 3.05) is 0 Å². The molecule has 0 atom stereocenters. The Kier molecular flexibility index (Phi) is 4.12. The predicted octanol–water partition coefficient (Wildman–Crippen LogP) is 3.72. The minimum atomic E-state index is 0.965. The summed E-state index contributed by atoms with van der Waals surface area (Å²) >= 11 is 0. The van der Waals surface area contributed by atoms with E-state index in [4.69, 9.17) is 0 Å². The fraction of sp³-hybridized carbons (Fsp3) is 0.278. The Bertz CT molecular complexity index is 577. The molecule has 2 heteroatoms. The zero-order valence-corrected chi connectivity index (χ0v) is 11.7. The van der Waals surface area contributed by atoms with Crippen LogP contribution in [0.4, 0.5) is 0 Å². The second kappa shape index (κ2) is 6.38. The van der Waals surface area contributed by atoms with Crippen molar-refractivity contribution in [3.8, 4) is 0 Å². The van der Waals surface area contributed by atoms with Gasteiger partial charge in [0.2, 0.25) is 0 Å². The van der Waals surface area contributed by atoms with Gasteiger partial charge < -0.3 is 5.32 Å². The van der Waals surface area contributed by atoms with Gasteiger partial charge in [-0.15, -0.1) is 0 Å². The van der Waals surface area contributed by atoms with Gasteiger partial charge in [-0.05, 0) is 66.3 Å². The molecule has 1 N–H and O–H groups in total. The Morgan fingerprint density at radius 3 is 2.60 bits per heavy atom. The van der Waals surface area contributed by atoms with Gasteiger partial charge in [0, 0.05) is 18.9 Å². The van der Waals surface area contributed by atoms with Crippen molar-refractivity contribution < 1.29 is 0 Å². The first kappa shape index (κ1) is 12.9. The number of aryl methyl sites for hydroxylation is 2. The van der Waals surface area contributed by atoms with E-state index in [0.717, 1.165) is 6.54 Å². The van der Waals surface area contributed by atoms with Gasteiger partial charge in [0.25, 0.3) is 0 Å². The average molecular weight is 264 g/mol. The first-order valence-electron chi connectivity index (χ1n) is 7.33. The van der Waals surface area contributed by atoms with E-state index in [9.17, 15) is 0 Å². The maximum absolute atomic E-state index is 4.10. The lowest BCUT2D eigenvalue weighted by Gasteiger charge is -2.13. The van der Waals surface area contributed by atoms with Gasteiger partial charge in [-0.3, -0.25) is 4.98 Å². The van der Waals surface area contributed by atoms with E-state index in [-0.39, 0.29) is 0 Å². The Morgan fingerprint density at radius 2 is 1.75 bits per heavy atom. The van der Waals surface area contributed by atoms with Crippen molar-refractivity contribution in [2.45, 2.75) is 32.2 Å². The topological polar surface area (TPSA) is 24.9 Å². The number of benzene rings is 1. The summed E-state index contributed by atoms with van der Waals surface area (Å²) in [6.07, 6.45) is 13.2. The van der Waals surface area contributed by atoms with Crippen LogP contribution in [0.1, 0.15) is 35.1 Å². The largest absolute Gasteiger partial charge is 0.387 e. The van der Waals surface area contributed by atoms with Crippen LogP contribution >= 0.6 is 0 Å². The van der Waals surface area contributed by atoms with Crippen LogP contribution in [-0.4, -0.2) is 4.98 Å². The molecule has 0 radical (unpaired) electrons. The highest BCUT2D eigenvalue weighted by molar-refractivity contribution is 5.55. The fourth-order valence-electron chi connectivity index (χ4n) is 2.73. The average Bonchev–Trinajstić information content (AvgIpc) is 2.56. The monoisotopic (exact) mass is 264 g/mol. The molecule has 1 aliphatic heterocycles. The highest BCUT2D eigenvalue weighted by Crippen LogP contribution is 2.18. The highest BCUT2D eigenvalue weighted by Gasteiger charge is 2.06. The minimum absolute atomic E-state index is 0.965. The van der Waals surface area contributed by atoms with E-state index >= 15 is 0 Å². The normalized spacial score (nSPS) is 15.2. The molecule has 2 aromatic rings. The molecule has 20 heavy (non-hydrogen) atoms. The van der Waals surface area contributed by atoms with Crippen LogP contribution in [0.2, 0.25) is 0 Å². The van der Waals surface area contributed by atoms with Crippen LogP contribution in [0.3, 0.4) is 0 Å². The van der Waals surface area contributed by atoms with Crippen LogP contribution < -0.4 is 5.32 Å². The number of hydrogen-bond acceptors (Lipinski definition) is 2. The van der Waals surface area contributed by atoms with E-state index in [1.54, 1.807) is 0 Å². The molecule has 0 fully saturated rings. The summed E-state index contributed by atoms with van der Waals surface area (Å²) in [7, 11) is 0. The van der Waals surface area contributed by atoms with Crippen LogP contribution in [0, 0.1) is 0 Å². The van der Waals surface area contributed by atoms with E-state index in [2.05, 4.69) is 46.7 Å². The molecular formula is C18H20N2. The molecule has 1 aromatic heterocycles. The lowest BCUT2D eigenvalue weighted by molar-refractivity contribution is 0.682. The van der Waals surface area contributed by atoms with Gasteiger partial charge >= 0.3 is 0 Å². The van der Waals surface area contributed by atoms with Gasteiger partial charge in [-0.25, -0.2) is 0 Å². The Hall–Kier alpha value is -2.09. The Balaban J connectivity index is 0.000000121. The zero-order valence-electron chi connectivity index (χ0n) is 11.7. The molecule has 1 aliphatic carbocycles. The zero-order chi connectivity index (χ0) is 13.6. The third kappa shape index (κ3) is 3.08. The van der Waals surface area contributed by atoms with Crippen molar-refractivity contribution in [2.24, 2.45) is 0 Å². The second-order valence-electron chi connectivity index (χ2n) is 5.26. The molecule has 0 bridgehead atoms. The predicted molar refractivity (Wildman–Crippen MR) is 83.2 cm³/mol. The quantitative estimate of drug-likeness (QED) is 0.784. The maximum Gasteiger partial charge on any atom is 0.0401 e. The number of hydrogen-bond donors (Lipinski definition) is 1. The molecule has 1 aromatic carbocycles. The molecule has 0 saturated carbocycles. The molecule has 2 heterocycles. The number of pyridine rings is 1. The highest BCUT2D eigenvalue weighted by atomic mass is 14.8. The number of nitrogens with zero attached hydrogens (tertiary/aromatic N) is 1. The summed E-state index contributed by atoms with van der Waals surface area (Å²) < 4.78 is 0. The molecule has 0 unspecified atom stereocenters. The van der Waals surface area contributed by atoms with Gasteiger partial charge in [0.05, 0.1) is 0 Å². The van der Waals surface area contributed by atoms with Crippen LogP contribution in [-0.2, 0) is 19.4 Å². The second-order valence-corrected chi connectivity index (χ2v) is 5.26. The molecule has 0 spiro atoms. The summed E-state index contributed by atoms with van der Waals surface area (Å²) in [5, 5.41) is 3.16.